The van der Waals surface area contributed by atoms with Gasteiger partial charge < -0.3 is 4.52 Å². The Kier molecular flexibility index (Phi) is 5.18. The van der Waals surface area contributed by atoms with Gasteiger partial charge in [0.1, 0.15) is 0 Å². The lowest BCUT2D eigenvalue weighted by molar-refractivity contribution is 0.124. The van der Waals surface area contributed by atoms with Crippen molar-refractivity contribution < 1.29 is 12.9 Å². The second-order valence-electron chi connectivity index (χ2n) is 7.03. The van der Waals surface area contributed by atoms with Crippen molar-refractivity contribution >= 4 is 20.8 Å². The highest BCUT2D eigenvalue weighted by atomic mass is 32.2. The van der Waals surface area contributed by atoms with Gasteiger partial charge in [0.25, 0.3) is 0 Å². The van der Waals surface area contributed by atoms with Gasteiger partial charge in [0.2, 0.25) is 15.9 Å². The van der Waals surface area contributed by atoms with E-state index in [4.69, 9.17) is 4.52 Å². The number of aromatic nitrogens is 2. The Hall–Kier alpha value is -2.29. The van der Waals surface area contributed by atoms with Crippen LogP contribution in [0.25, 0.3) is 10.8 Å². The quantitative estimate of drug-likeness (QED) is 0.655. The summed E-state index contributed by atoms with van der Waals surface area (Å²) >= 11 is 0. The zero-order valence-electron chi connectivity index (χ0n) is 16.1. The summed E-state index contributed by atoms with van der Waals surface area (Å²) in [6.07, 6.45) is 0.730. The van der Waals surface area contributed by atoms with E-state index in [2.05, 4.69) is 15.0 Å². The summed E-state index contributed by atoms with van der Waals surface area (Å²) in [5.41, 5.74) is 0. The van der Waals surface area contributed by atoms with Gasteiger partial charge in [-0.3, -0.25) is 4.90 Å². The Morgan fingerprint density at radius 2 is 1.79 bits per heavy atom. The fourth-order valence-electron chi connectivity index (χ4n) is 3.55. The molecule has 1 fully saturated rings. The molecule has 0 radical (unpaired) electrons. The first kappa shape index (κ1) is 19.0. The van der Waals surface area contributed by atoms with Gasteiger partial charge in [0, 0.05) is 32.6 Å². The number of hydrogen-bond acceptors (Lipinski definition) is 6. The molecular formula is C20H24N4O3S. The number of benzene rings is 2. The molecule has 0 saturated carbocycles. The van der Waals surface area contributed by atoms with Gasteiger partial charge in [-0.2, -0.15) is 9.29 Å². The molecule has 8 heteroatoms. The van der Waals surface area contributed by atoms with Crippen LogP contribution in [0.15, 0.2) is 51.9 Å². The topological polar surface area (TPSA) is 79.5 Å². The Morgan fingerprint density at radius 1 is 1.07 bits per heavy atom. The largest absolute Gasteiger partial charge is 0.338 e. The van der Waals surface area contributed by atoms with Gasteiger partial charge in [0.15, 0.2) is 5.82 Å². The van der Waals surface area contributed by atoms with Crippen molar-refractivity contribution in [3.05, 3.63) is 54.2 Å². The summed E-state index contributed by atoms with van der Waals surface area (Å²) < 4.78 is 33.1. The third-order valence-electron chi connectivity index (χ3n) is 5.34. The fourth-order valence-corrected chi connectivity index (χ4v) is 5.00. The number of nitrogens with zero attached hydrogens (tertiary/aromatic N) is 4. The zero-order chi connectivity index (χ0) is 19.7. The lowest BCUT2D eigenvalue weighted by Gasteiger charge is -2.36. The van der Waals surface area contributed by atoms with Crippen molar-refractivity contribution in [1.29, 1.82) is 0 Å². The van der Waals surface area contributed by atoms with E-state index in [1.807, 2.05) is 44.2 Å². The monoisotopic (exact) mass is 400 g/mol. The molecule has 1 aliphatic heterocycles. The standard InChI is InChI=1S/C20H24N4O3S/c1-3-19-21-20(27-22-19)15(2)23-10-12-24(13-11-23)28(25,26)18-9-8-16-6-4-5-7-17(16)14-18/h4-9,14-15H,3,10-13H2,1-2H3/t15-/m0/s1. The van der Waals surface area contributed by atoms with Crippen molar-refractivity contribution in [3.63, 3.8) is 0 Å². The SMILES string of the molecule is CCc1noc([C@H](C)N2CCN(S(=O)(=O)c3ccc4ccccc4c3)CC2)n1. The predicted molar refractivity (Wildman–Crippen MR) is 106 cm³/mol. The van der Waals surface area contributed by atoms with Gasteiger partial charge in [0.05, 0.1) is 10.9 Å². The summed E-state index contributed by atoms with van der Waals surface area (Å²) in [6.45, 7) is 6.12. The highest BCUT2D eigenvalue weighted by Gasteiger charge is 2.31. The highest BCUT2D eigenvalue weighted by Crippen LogP contribution is 2.25. The Labute approximate surface area is 165 Å². The van der Waals surface area contributed by atoms with Crippen LogP contribution in [0, 0.1) is 0 Å². The first-order valence-corrected chi connectivity index (χ1v) is 11.0. The van der Waals surface area contributed by atoms with E-state index in [0.29, 0.717) is 42.8 Å². The zero-order valence-corrected chi connectivity index (χ0v) is 16.9. The summed E-state index contributed by atoms with van der Waals surface area (Å²) in [5, 5.41) is 5.91. The molecule has 0 unspecified atom stereocenters. The van der Waals surface area contributed by atoms with Crippen LogP contribution >= 0.6 is 0 Å². The van der Waals surface area contributed by atoms with Gasteiger partial charge in [-0.1, -0.05) is 42.4 Å². The van der Waals surface area contributed by atoms with Crippen LogP contribution in [0.4, 0.5) is 0 Å². The first-order valence-electron chi connectivity index (χ1n) is 9.54. The molecule has 3 aromatic rings. The molecule has 4 rings (SSSR count). The number of fused-ring (bicyclic) bond motifs is 1. The molecule has 0 bridgehead atoms. The minimum absolute atomic E-state index is 0.0293. The summed E-state index contributed by atoms with van der Waals surface area (Å²) in [6, 6.07) is 13.1. The first-order chi connectivity index (χ1) is 13.5. The van der Waals surface area contributed by atoms with Crippen LogP contribution in [0.1, 0.15) is 31.6 Å². The second-order valence-corrected chi connectivity index (χ2v) is 8.97. The predicted octanol–water partition coefficient (Wildman–Crippen LogP) is 2.85. The lowest BCUT2D eigenvalue weighted by Crippen LogP contribution is -2.49. The molecule has 1 aliphatic rings. The molecule has 2 aromatic carbocycles. The maximum absolute atomic E-state index is 13.1. The molecule has 7 nitrogen and oxygen atoms in total. The third kappa shape index (κ3) is 3.55. The number of aryl methyl sites for hydroxylation is 1. The number of rotatable bonds is 5. The Bertz CT molecular complexity index is 1070. The Morgan fingerprint density at radius 3 is 2.46 bits per heavy atom. The second kappa shape index (κ2) is 7.62. The van der Waals surface area contributed by atoms with E-state index in [1.165, 1.54) is 0 Å². The van der Waals surface area contributed by atoms with E-state index in [9.17, 15) is 8.42 Å². The van der Waals surface area contributed by atoms with Gasteiger partial charge in [-0.15, -0.1) is 0 Å². The molecule has 1 atom stereocenters. The minimum Gasteiger partial charge on any atom is -0.338 e. The van der Waals surface area contributed by atoms with E-state index in [0.717, 1.165) is 17.2 Å². The summed E-state index contributed by atoms with van der Waals surface area (Å²) in [5.74, 6) is 1.28. The Balaban J connectivity index is 1.47. The number of sulfonamides is 1. The fraction of sp³-hybridized carbons (Fsp3) is 0.400. The van der Waals surface area contributed by atoms with Crippen LogP contribution in [-0.4, -0.2) is 53.9 Å². The van der Waals surface area contributed by atoms with Crippen molar-refractivity contribution in [2.75, 3.05) is 26.2 Å². The van der Waals surface area contributed by atoms with Crippen LogP contribution in [-0.2, 0) is 16.4 Å². The van der Waals surface area contributed by atoms with E-state index >= 15 is 0 Å². The van der Waals surface area contributed by atoms with Crippen molar-refractivity contribution in [3.8, 4) is 0 Å². The maximum Gasteiger partial charge on any atom is 0.243 e. The highest BCUT2D eigenvalue weighted by molar-refractivity contribution is 7.89. The van der Waals surface area contributed by atoms with Crippen LogP contribution in [0.3, 0.4) is 0 Å². The lowest BCUT2D eigenvalue weighted by atomic mass is 10.1. The van der Waals surface area contributed by atoms with E-state index in [1.54, 1.807) is 16.4 Å². The molecule has 1 saturated heterocycles. The van der Waals surface area contributed by atoms with Crippen molar-refractivity contribution in [1.82, 2.24) is 19.3 Å². The molecule has 0 spiro atoms. The van der Waals surface area contributed by atoms with Gasteiger partial charge in [-0.05, 0) is 29.8 Å². The molecule has 0 aliphatic carbocycles. The molecule has 28 heavy (non-hydrogen) atoms. The van der Waals surface area contributed by atoms with Crippen LogP contribution < -0.4 is 0 Å². The van der Waals surface area contributed by atoms with Gasteiger partial charge in [-0.25, -0.2) is 8.42 Å². The summed E-state index contributed by atoms with van der Waals surface area (Å²) in [7, 11) is -3.51. The van der Waals surface area contributed by atoms with Crippen molar-refractivity contribution in [2.45, 2.75) is 31.2 Å². The molecule has 0 N–H and O–H groups in total. The number of hydrogen-bond donors (Lipinski definition) is 0. The molecule has 0 amide bonds. The normalized spacial score (nSPS) is 17.8. The minimum atomic E-state index is -3.51. The van der Waals surface area contributed by atoms with Gasteiger partial charge >= 0.3 is 0 Å². The molecule has 1 aromatic heterocycles. The van der Waals surface area contributed by atoms with Crippen LogP contribution in [0.5, 0.6) is 0 Å². The molecular weight excluding hydrogens is 376 g/mol. The number of piperazine rings is 1. The third-order valence-corrected chi connectivity index (χ3v) is 7.23. The molecule has 148 valence electrons. The van der Waals surface area contributed by atoms with E-state index in [-0.39, 0.29) is 6.04 Å². The molecule has 2 heterocycles. The average molecular weight is 401 g/mol. The summed E-state index contributed by atoms with van der Waals surface area (Å²) in [4.78, 5) is 6.92. The maximum atomic E-state index is 13.1. The average Bonchev–Trinajstić information content (AvgIpc) is 3.22. The van der Waals surface area contributed by atoms with Crippen LogP contribution in [0.2, 0.25) is 0 Å². The van der Waals surface area contributed by atoms with Crippen molar-refractivity contribution in [2.24, 2.45) is 0 Å². The smallest absolute Gasteiger partial charge is 0.243 e. The van der Waals surface area contributed by atoms with E-state index < -0.39 is 10.0 Å².